The quantitative estimate of drug-likeness (QED) is 0.838. The fourth-order valence-corrected chi connectivity index (χ4v) is 2.63. The fraction of sp³-hybridized carbons (Fsp3) is 0.625. The third-order valence-electron chi connectivity index (χ3n) is 4.38. The molecule has 0 spiro atoms. The van der Waals surface area contributed by atoms with Crippen molar-refractivity contribution in [2.75, 3.05) is 13.2 Å². The highest BCUT2D eigenvalue weighted by molar-refractivity contribution is 5.32. The van der Waals surface area contributed by atoms with Crippen molar-refractivity contribution in [2.24, 2.45) is 5.41 Å². The van der Waals surface area contributed by atoms with Crippen LogP contribution in [0.4, 0.5) is 0 Å². The molecule has 0 saturated heterocycles. The predicted molar refractivity (Wildman–Crippen MR) is 75.6 cm³/mol. The van der Waals surface area contributed by atoms with Crippen LogP contribution < -0.4 is 5.32 Å². The Bertz CT molecular complexity index is 384. The van der Waals surface area contributed by atoms with Crippen molar-refractivity contribution in [3.8, 4) is 0 Å². The largest absolute Gasteiger partial charge is 0.396 e. The van der Waals surface area contributed by atoms with E-state index in [1.807, 2.05) is 0 Å². The molecule has 2 heteroatoms. The van der Waals surface area contributed by atoms with E-state index in [1.54, 1.807) is 0 Å². The first-order valence-corrected chi connectivity index (χ1v) is 7.10. The van der Waals surface area contributed by atoms with E-state index >= 15 is 0 Å². The second-order valence-corrected chi connectivity index (χ2v) is 5.85. The van der Waals surface area contributed by atoms with Gasteiger partial charge in [0.2, 0.25) is 0 Å². The SMILES string of the molecule is CCC(C)(CO)CNC1CCCc2ccccc21. The van der Waals surface area contributed by atoms with Gasteiger partial charge >= 0.3 is 0 Å². The lowest BCUT2D eigenvalue weighted by molar-refractivity contribution is 0.130. The first-order chi connectivity index (χ1) is 8.68. The van der Waals surface area contributed by atoms with Gasteiger partial charge in [0.25, 0.3) is 0 Å². The Morgan fingerprint density at radius 1 is 1.39 bits per heavy atom. The molecule has 0 bridgehead atoms. The second-order valence-electron chi connectivity index (χ2n) is 5.85. The molecule has 0 saturated carbocycles. The van der Waals surface area contributed by atoms with Gasteiger partial charge in [-0.3, -0.25) is 0 Å². The average Bonchev–Trinajstić information content (AvgIpc) is 2.44. The van der Waals surface area contributed by atoms with E-state index in [9.17, 15) is 5.11 Å². The van der Waals surface area contributed by atoms with E-state index in [0.717, 1.165) is 13.0 Å². The molecule has 100 valence electrons. The van der Waals surface area contributed by atoms with Crippen molar-refractivity contribution in [1.29, 1.82) is 0 Å². The molecule has 0 amide bonds. The van der Waals surface area contributed by atoms with E-state index < -0.39 is 0 Å². The molecule has 1 aliphatic carbocycles. The van der Waals surface area contributed by atoms with Crippen LogP contribution in [-0.4, -0.2) is 18.3 Å². The van der Waals surface area contributed by atoms with Gasteiger partial charge in [-0.1, -0.05) is 38.1 Å². The number of nitrogens with one attached hydrogen (secondary N) is 1. The molecule has 2 nitrogen and oxygen atoms in total. The van der Waals surface area contributed by atoms with Gasteiger partial charge in [-0.15, -0.1) is 0 Å². The minimum Gasteiger partial charge on any atom is -0.396 e. The summed E-state index contributed by atoms with van der Waals surface area (Å²) in [5.74, 6) is 0. The van der Waals surface area contributed by atoms with E-state index in [2.05, 4.69) is 43.4 Å². The zero-order chi connectivity index (χ0) is 13.0. The highest BCUT2D eigenvalue weighted by Gasteiger charge is 2.25. The standard InChI is InChI=1S/C16H25NO/c1-3-16(2,12-18)11-17-15-10-6-8-13-7-4-5-9-14(13)15/h4-5,7,9,15,17-18H,3,6,8,10-12H2,1-2H3. The molecule has 1 aliphatic rings. The monoisotopic (exact) mass is 247 g/mol. The Morgan fingerprint density at radius 2 is 2.17 bits per heavy atom. The van der Waals surface area contributed by atoms with Crippen LogP contribution >= 0.6 is 0 Å². The first-order valence-electron chi connectivity index (χ1n) is 7.10. The second kappa shape index (κ2) is 5.85. The fourth-order valence-electron chi connectivity index (χ4n) is 2.63. The molecule has 2 N–H and O–H groups in total. The molecule has 0 radical (unpaired) electrons. The Labute approximate surface area is 110 Å². The molecule has 2 rings (SSSR count). The number of rotatable bonds is 5. The molecule has 2 unspecified atom stereocenters. The van der Waals surface area contributed by atoms with Crippen LogP contribution in [-0.2, 0) is 6.42 Å². The van der Waals surface area contributed by atoms with Gasteiger partial charge in [0, 0.05) is 24.6 Å². The lowest BCUT2D eigenvalue weighted by atomic mass is 9.85. The van der Waals surface area contributed by atoms with Gasteiger partial charge in [0.1, 0.15) is 0 Å². The Balaban J connectivity index is 2.03. The third kappa shape index (κ3) is 2.93. The minimum atomic E-state index is 0.00634. The predicted octanol–water partition coefficient (Wildman–Crippen LogP) is 3.06. The third-order valence-corrected chi connectivity index (χ3v) is 4.38. The van der Waals surface area contributed by atoms with E-state index in [0.29, 0.717) is 6.04 Å². The lowest BCUT2D eigenvalue weighted by Crippen LogP contribution is -2.37. The summed E-state index contributed by atoms with van der Waals surface area (Å²) < 4.78 is 0. The average molecular weight is 247 g/mol. The Hall–Kier alpha value is -0.860. The summed E-state index contributed by atoms with van der Waals surface area (Å²) in [6.45, 7) is 5.44. The van der Waals surface area contributed by atoms with Crippen molar-refractivity contribution < 1.29 is 5.11 Å². The van der Waals surface area contributed by atoms with Crippen LogP contribution in [0.1, 0.15) is 50.3 Å². The molecule has 18 heavy (non-hydrogen) atoms. The van der Waals surface area contributed by atoms with Crippen molar-refractivity contribution in [2.45, 2.75) is 45.6 Å². The van der Waals surface area contributed by atoms with Gasteiger partial charge in [0.15, 0.2) is 0 Å². The van der Waals surface area contributed by atoms with E-state index in [-0.39, 0.29) is 12.0 Å². The van der Waals surface area contributed by atoms with Gasteiger partial charge in [-0.2, -0.15) is 0 Å². The normalized spacial score (nSPS) is 22.3. The zero-order valence-corrected chi connectivity index (χ0v) is 11.6. The summed E-state index contributed by atoms with van der Waals surface area (Å²) >= 11 is 0. The molecular formula is C16H25NO. The van der Waals surface area contributed by atoms with Gasteiger partial charge < -0.3 is 10.4 Å². The maximum atomic E-state index is 9.47. The molecule has 0 aliphatic heterocycles. The molecule has 0 aromatic heterocycles. The Kier molecular flexibility index (Phi) is 4.41. The maximum Gasteiger partial charge on any atom is 0.0496 e. The topological polar surface area (TPSA) is 32.3 Å². The summed E-state index contributed by atoms with van der Waals surface area (Å²) in [4.78, 5) is 0. The van der Waals surface area contributed by atoms with Crippen molar-refractivity contribution in [1.82, 2.24) is 5.32 Å². The van der Waals surface area contributed by atoms with Crippen LogP contribution in [0.2, 0.25) is 0 Å². The summed E-state index contributed by atoms with van der Waals surface area (Å²) in [6, 6.07) is 9.21. The number of aliphatic hydroxyl groups is 1. The number of benzene rings is 1. The number of aryl methyl sites for hydroxylation is 1. The first kappa shape index (κ1) is 13.6. The molecule has 1 aromatic rings. The molecule has 0 heterocycles. The molecule has 1 aromatic carbocycles. The van der Waals surface area contributed by atoms with Gasteiger partial charge in [0.05, 0.1) is 0 Å². The highest BCUT2D eigenvalue weighted by Crippen LogP contribution is 2.30. The number of hydrogen-bond donors (Lipinski definition) is 2. The van der Waals surface area contributed by atoms with Crippen molar-refractivity contribution >= 4 is 0 Å². The molecule has 2 atom stereocenters. The molecule has 0 fully saturated rings. The highest BCUT2D eigenvalue weighted by atomic mass is 16.3. The number of aliphatic hydroxyl groups excluding tert-OH is 1. The van der Waals surface area contributed by atoms with Crippen LogP contribution in [0, 0.1) is 5.41 Å². The van der Waals surface area contributed by atoms with Crippen LogP contribution in [0.5, 0.6) is 0 Å². The lowest BCUT2D eigenvalue weighted by Gasteiger charge is -2.32. The zero-order valence-electron chi connectivity index (χ0n) is 11.6. The molecular weight excluding hydrogens is 222 g/mol. The van der Waals surface area contributed by atoms with Crippen LogP contribution in [0.15, 0.2) is 24.3 Å². The summed E-state index contributed by atoms with van der Waals surface area (Å²) in [5, 5.41) is 13.1. The number of hydrogen-bond acceptors (Lipinski definition) is 2. The van der Waals surface area contributed by atoms with Crippen molar-refractivity contribution in [3.63, 3.8) is 0 Å². The summed E-state index contributed by atoms with van der Waals surface area (Å²) in [6.07, 6.45) is 4.68. The smallest absolute Gasteiger partial charge is 0.0496 e. The van der Waals surface area contributed by atoms with Crippen LogP contribution in [0.3, 0.4) is 0 Å². The van der Waals surface area contributed by atoms with E-state index in [1.165, 1.54) is 30.4 Å². The summed E-state index contributed by atoms with van der Waals surface area (Å²) in [5.41, 5.74) is 2.95. The van der Waals surface area contributed by atoms with Crippen molar-refractivity contribution in [3.05, 3.63) is 35.4 Å². The van der Waals surface area contributed by atoms with Gasteiger partial charge in [-0.05, 0) is 36.8 Å². The number of fused-ring (bicyclic) bond motifs is 1. The maximum absolute atomic E-state index is 9.47. The van der Waals surface area contributed by atoms with E-state index in [4.69, 9.17) is 0 Å². The Morgan fingerprint density at radius 3 is 2.89 bits per heavy atom. The van der Waals surface area contributed by atoms with Gasteiger partial charge in [-0.25, -0.2) is 0 Å². The minimum absolute atomic E-state index is 0.00634. The van der Waals surface area contributed by atoms with Crippen LogP contribution in [0.25, 0.3) is 0 Å². The summed E-state index contributed by atoms with van der Waals surface area (Å²) in [7, 11) is 0.